The third-order valence-electron chi connectivity index (χ3n) is 5.11. The number of carboxylic acids is 1. The van der Waals surface area contributed by atoms with Crippen molar-refractivity contribution in [3.63, 3.8) is 0 Å². The lowest BCUT2D eigenvalue weighted by Crippen LogP contribution is -2.40. The first-order valence-corrected chi connectivity index (χ1v) is 10.4. The summed E-state index contributed by atoms with van der Waals surface area (Å²) in [4.78, 5) is 43.2. The zero-order valence-electron chi connectivity index (χ0n) is 16.7. The molecule has 11 heteroatoms. The summed E-state index contributed by atoms with van der Waals surface area (Å²) in [5.41, 5.74) is 2.87. The van der Waals surface area contributed by atoms with Crippen LogP contribution in [0.25, 0.3) is 11.0 Å². The van der Waals surface area contributed by atoms with Crippen molar-refractivity contribution in [3.05, 3.63) is 47.2 Å². The number of rotatable bonds is 6. The molecule has 0 aliphatic carbocycles. The predicted molar refractivity (Wildman–Crippen MR) is 118 cm³/mol. The number of guanidine groups is 1. The average molecular weight is 486 g/mol. The Labute approximate surface area is 186 Å². The van der Waals surface area contributed by atoms with Crippen molar-refractivity contribution in [2.45, 2.75) is 12.8 Å². The van der Waals surface area contributed by atoms with E-state index in [0.29, 0.717) is 34.7 Å². The fourth-order valence-corrected chi connectivity index (χ4v) is 3.96. The van der Waals surface area contributed by atoms with Gasteiger partial charge in [-0.2, -0.15) is 0 Å². The number of nitrogens with zero attached hydrogens (tertiary/aromatic N) is 6. The van der Waals surface area contributed by atoms with E-state index in [4.69, 9.17) is 0 Å². The van der Waals surface area contributed by atoms with E-state index in [0.717, 1.165) is 11.2 Å². The van der Waals surface area contributed by atoms with E-state index in [9.17, 15) is 14.7 Å². The summed E-state index contributed by atoms with van der Waals surface area (Å²) in [5, 5.41) is 12.8. The van der Waals surface area contributed by atoms with Crippen LogP contribution in [0.2, 0.25) is 0 Å². The van der Waals surface area contributed by atoms with Gasteiger partial charge in [-0.1, -0.05) is 0 Å². The minimum Gasteiger partial charge on any atom is -0.481 e. The highest BCUT2D eigenvalue weighted by molar-refractivity contribution is 9.10. The van der Waals surface area contributed by atoms with Gasteiger partial charge in [-0.05, 0) is 28.1 Å². The Bertz CT molecular complexity index is 1180. The number of aliphatic imine (C=N–C) groups is 1. The quantitative estimate of drug-likeness (QED) is 0.547. The van der Waals surface area contributed by atoms with Gasteiger partial charge in [0.15, 0.2) is 0 Å². The number of hydrogen-bond acceptors (Lipinski definition) is 7. The van der Waals surface area contributed by atoms with Gasteiger partial charge in [0.25, 0.3) is 0 Å². The molecule has 3 aromatic rings. The fraction of sp³-hybridized carbons (Fsp3) is 0.300. The number of carbonyl (C=O) groups excluding carboxylic acids is 1. The second-order valence-electron chi connectivity index (χ2n) is 7.17. The highest BCUT2D eigenvalue weighted by Crippen LogP contribution is 2.29. The second-order valence-corrected chi connectivity index (χ2v) is 7.96. The van der Waals surface area contributed by atoms with Gasteiger partial charge in [0.05, 0.1) is 34.5 Å². The number of carbonyl (C=O) groups is 2. The average Bonchev–Trinajstić information content (AvgIpc) is 3.38. The van der Waals surface area contributed by atoms with Crippen LogP contribution < -0.4 is 5.32 Å². The molecule has 0 saturated heterocycles. The minimum absolute atomic E-state index is 0.133. The van der Waals surface area contributed by atoms with Crippen molar-refractivity contribution >= 4 is 50.5 Å². The molecule has 0 radical (unpaired) electrons. The van der Waals surface area contributed by atoms with Gasteiger partial charge in [0.1, 0.15) is 5.52 Å². The maximum absolute atomic E-state index is 13.0. The van der Waals surface area contributed by atoms with Gasteiger partial charge in [-0.3, -0.25) is 29.4 Å². The number of aromatic nitrogens is 4. The molecule has 1 aliphatic rings. The summed E-state index contributed by atoms with van der Waals surface area (Å²) in [6.45, 7) is 0.836. The Hall–Kier alpha value is -3.34. The number of halogens is 1. The third-order valence-corrected chi connectivity index (χ3v) is 5.91. The van der Waals surface area contributed by atoms with Crippen molar-refractivity contribution in [2.75, 3.05) is 18.4 Å². The SMILES string of the molecule is Cn1cncc1CC(CC(=O)N1CCN=C1Nc1ccc2nccnc2c1Br)C(=O)O. The first-order valence-electron chi connectivity index (χ1n) is 9.63. The molecule has 160 valence electrons. The smallest absolute Gasteiger partial charge is 0.307 e. The van der Waals surface area contributed by atoms with Crippen LogP contribution in [-0.4, -0.2) is 60.5 Å². The monoisotopic (exact) mass is 485 g/mol. The number of fused-ring (bicyclic) bond motifs is 1. The van der Waals surface area contributed by atoms with Crippen LogP contribution in [0.15, 0.2) is 46.5 Å². The lowest BCUT2D eigenvalue weighted by molar-refractivity contribution is -0.145. The van der Waals surface area contributed by atoms with Crippen LogP contribution in [0.5, 0.6) is 0 Å². The molecule has 1 amide bonds. The molecule has 31 heavy (non-hydrogen) atoms. The van der Waals surface area contributed by atoms with Crippen LogP contribution >= 0.6 is 15.9 Å². The van der Waals surface area contributed by atoms with Crippen molar-refractivity contribution in [2.24, 2.45) is 18.0 Å². The van der Waals surface area contributed by atoms with E-state index in [1.54, 1.807) is 36.5 Å². The Morgan fingerprint density at radius 1 is 1.29 bits per heavy atom. The van der Waals surface area contributed by atoms with Crippen molar-refractivity contribution in [1.29, 1.82) is 0 Å². The van der Waals surface area contributed by atoms with Gasteiger partial charge in [0.2, 0.25) is 11.9 Å². The van der Waals surface area contributed by atoms with Gasteiger partial charge in [-0.15, -0.1) is 0 Å². The van der Waals surface area contributed by atoms with E-state index in [-0.39, 0.29) is 18.7 Å². The summed E-state index contributed by atoms with van der Waals surface area (Å²) < 4.78 is 2.46. The van der Waals surface area contributed by atoms with E-state index >= 15 is 0 Å². The number of aryl methyl sites for hydroxylation is 1. The molecule has 0 bridgehead atoms. The highest BCUT2D eigenvalue weighted by atomic mass is 79.9. The Balaban J connectivity index is 1.48. The van der Waals surface area contributed by atoms with Crippen LogP contribution in [0.3, 0.4) is 0 Å². The van der Waals surface area contributed by atoms with Gasteiger partial charge in [-0.25, -0.2) is 4.98 Å². The third kappa shape index (κ3) is 4.41. The van der Waals surface area contributed by atoms with Crippen molar-refractivity contribution in [3.8, 4) is 0 Å². The molecule has 3 heterocycles. The first kappa shape index (κ1) is 20.9. The van der Waals surface area contributed by atoms with Gasteiger partial charge < -0.3 is 15.0 Å². The fourth-order valence-electron chi connectivity index (χ4n) is 3.42. The number of hydrogen-bond donors (Lipinski definition) is 2. The minimum atomic E-state index is -1.02. The molecule has 2 N–H and O–H groups in total. The Morgan fingerprint density at radius 2 is 2.10 bits per heavy atom. The maximum Gasteiger partial charge on any atom is 0.307 e. The molecule has 0 spiro atoms. The molecule has 0 saturated carbocycles. The molecular formula is C20H20BrN7O3. The Kier molecular flexibility index (Phi) is 5.94. The summed E-state index contributed by atoms with van der Waals surface area (Å²) in [5.74, 6) is -1.78. The topological polar surface area (TPSA) is 126 Å². The van der Waals surface area contributed by atoms with Crippen LogP contribution in [0, 0.1) is 5.92 Å². The summed E-state index contributed by atoms with van der Waals surface area (Å²) in [6, 6.07) is 3.65. The number of anilines is 1. The first-order chi connectivity index (χ1) is 14.9. The van der Waals surface area contributed by atoms with Crippen molar-refractivity contribution < 1.29 is 14.7 Å². The normalized spacial score (nSPS) is 14.5. The number of aliphatic carboxylic acids is 1. The Morgan fingerprint density at radius 3 is 2.84 bits per heavy atom. The second kappa shape index (κ2) is 8.80. The van der Waals surface area contributed by atoms with E-state index in [2.05, 4.69) is 41.2 Å². The molecule has 0 fully saturated rings. The summed E-state index contributed by atoms with van der Waals surface area (Å²) >= 11 is 3.54. The van der Waals surface area contributed by atoms with E-state index in [1.807, 2.05) is 12.1 Å². The zero-order chi connectivity index (χ0) is 22.0. The van der Waals surface area contributed by atoms with Gasteiger partial charge >= 0.3 is 5.97 Å². The number of imidazole rings is 1. The largest absolute Gasteiger partial charge is 0.481 e. The summed E-state index contributed by atoms with van der Waals surface area (Å²) in [6.07, 6.45) is 6.54. The maximum atomic E-state index is 13.0. The molecule has 4 rings (SSSR count). The van der Waals surface area contributed by atoms with E-state index < -0.39 is 11.9 Å². The van der Waals surface area contributed by atoms with Crippen LogP contribution in [-0.2, 0) is 23.1 Å². The van der Waals surface area contributed by atoms with Gasteiger partial charge in [0, 0.05) is 50.7 Å². The molecule has 10 nitrogen and oxygen atoms in total. The molecule has 1 aliphatic heterocycles. The molecule has 2 aromatic heterocycles. The molecular weight excluding hydrogens is 466 g/mol. The molecule has 1 aromatic carbocycles. The summed E-state index contributed by atoms with van der Waals surface area (Å²) in [7, 11) is 1.80. The number of amides is 1. The number of benzene rings is 1. The highest BCUT2D eigenvalue weighted by Gasteiger charge is 2.30. The lowest BCUT2D eigenvalue weighted by atomic mass is 9.99. The lowest BCUT2D eigenvalue weighted by Gasteiger charge is -2.22. The number of carboxylic acid groups (broad SMARTS) is 1. The van der Waals surface area contributed by atoms with E-state index in [1.165, 1.54) is 4.90 Å². The molecule has 1 atom stereocenters. The predicted octanol–water partition coefficient (Wildman–Crippen LogP) is 2.07. The standard InChI is InChI=1S/C20H20BrN7O3/c1-27-11-22-10-13(27)8-12(19(30)31)9-16(29)28-7-6-25-20(28)26-14-2-3-15-18(17(14)21)24-5-4-23-15/h2-5,10-12H,6-9H2,1H3,(H,25,26)(H,30,31). The molecule has 1 unspecified atom stereocenters. The number of nitrogens with one attached hydrogen (secondary N) is 1. The zero-order valence-corrected chi connectivity index (χ0v) is 18.3. The van der Waals surface area contributed by atoms with Crippen LogP contribution in [0.1, 0.15) is 12.1 Å². The van der Waals surface area contributed by atoms with Crippen molar-refractivity contribution in [1.82, 2.24) is 24.4 Å². The van der Waals surface area contributed by atoms with Crippen LogP contribution in [0.4, 0.5) is 5.69 Å².